The zero-order valence-electron chi connectivity index (χ0n) is 16.1. The van der Waals surface area contributed by atoms with Gasteiger partial charge in [-0.2, -0.15) is 0 Å². The maximum absolute atomic E-state index is 6.38. The van der Waals surface area contributed by atoms with Crippen molar-refractivity contribution in [2.75, 3.05) is 18.0 Å². The molecule has 0 N–H and O–H groups in total. The van der Waals surface area contributed by atoms with Gasteiger partial charge in [-0.1, -0.05) is 43.0 Å². The molecule has 1 saturated carbocycles. The Morgan fingerprint density at radius 2 is 1.78 bits per heavy atom. The molecule has 3 heterocycles. The van der Waals surface area contributed by atoms with E-state index in [0.717, 1.165) is 48.0 Å². The first-order valence-electron chi connectivity index (χ1n) is 9.96. The molecule has 1 spiro atoms. The van der Waals surface area contributed by atoms with Crippen LogP contribution in [0.2, 0.25) is 10.2 Å². The molecular weight excluding hydrogens is 379 g/mol. The van der Waals surface area contributed by atoms with E-state index in [4.69, 9.17) is 33.2 Å². The summed E-state index contributed by atoms with van der Waals surface area (Å²) >= 11 is 12.5. The normalized spacial score (nSPS) is 19.0. The molecule has 1 saturated heterocycles. The van der Waals surface area contributed by atoms with E-state index >= 15 is 0 Å². The van der Waals surface area contributed by atoms with Crippen molar-refractivity contribution < 1.29 is 0 Å². The SMILES string of the molecule is CCc1nc(-c2ccnc(Cl)c2Cl)c(C)nc1N1CCC2(CCCC2)CC1. The Morgan fingerprint density at radius 1 is 1.07 bits per heavy atom. The third-order valence-electron chi connectivity index (χ3n) is 6.35. The molecule has 0 bridgehead atoms. The predicted octanol–water partition coefficient (Wildman–Crippen LogP) is 5.88. The number of aromatic nitrogens is 3. The molecule has 1 aliphatic heterocycles. The van der Waals surface area contributed by atoms with Gasteiger partial charge < -0.3 is 4.90 Å². The average molecular weight is 405 g/mol. The number of halogens is 2. The van der Waals surface area contributed by atoms with Gasteiger partial charge in [-0.05, 0) is 50.5 Å². The molecular formula is C21H26Cl2N4. The molecule has 0 unspecified atom stereocenters. The molecule has 6 heteroatoms. The molecule has 2 aromatic rings. The third-order valence-corrected chi connectivity index (χ3v) is 7.11. The summed E-state index contributed by atoms with van der Waals surface area (Å²) in [6.07, 6.45) is 10.7. The van der Waals surface area contributed by atoms with Crippen LogP contribution < -0.4 is 4.90 Å². The topological polar surface area (TPSA) is 41.9 Å². The fourth-order valence-electron chi connectivity index (χ4n) is 4.71. The summed E-state index contributed by atoms with van der Waals surface area (Å²) < 4.78 is 0. The number of hydrogen-bond acceptors (Lipinski definition) is 4. The Morgan fingerprint density at radius 3 is 2.44 bits per heavy atom. The second-order valence-electron chi connectivity index (χ2n) is 7.94. The number of nitrogens with zero attached hydrogens (tertiary/aromatic N) is 4. The highest BCUT2D eigenvalue weighted by Crippen LogP contribution is 2.46. The van der Waals surface area contributed by atoms with Crippen molar-refractivity contribution in [3.8, 4) is 11.3 Å². The van der Waals surface area contributed by atoms with Crippen LogP contribution >= 0.6 is 23.2 Å². The molecule has 27 heavy (non-hydrogen) atoms. The fourth-order valence-corrected chi connectivity index (χ4v) is 5.07. The second kappa shape index (κ2) is 7.56. The molecule has 0 radical (unpaired) electrons. The number of anilines is 1. The van der Waals surface area contributed by atoms with E-state index in [9.17, 15) is 0 Å². The van der Waals surface area contributed by atoms with Crippen LogP contribution in [0.1, 0.15) is 56.8 Å². The van der Waals surface area contributed by atoms with Crippen molar-refractivity contribution >= 4 is 29.0 Å². The van der Waals surface area contributed by atoms with Crippen LogP contribution in [0.15, 0.2) is 12.3 Å². The molecule has 144 valence electrons. The predicted molar refractivity (Wildman–Crippen MR) is 112 cm³/mol. The average Bonchev–Trinajstić information content (AvgIpc) is 3.13. The van der Waals surface area contributed by atoms with Gasteiger partial charge in [0, 0.05) is 24.8 Å². The highest BCUT2D eigenvalue weighted by atomic mass is 35.5. The van der Waals surface area contributed by atoms with Crippen molar-refractivity contribution in [2.24, 2.45) is 5.41 Å². The van der Waals surface area contributed by atoms with Crippen LogP contribution in [0.4, 0.5) is 5.82 Å². The van der Waals surface area contributed by atoms with Gasteiger partial charge in [-0.15, -0.1) is 0 Å². The van der Waals surface area contributed by atoms with Crippen LogP contribution in [0.5, 0.6) is 0 Å². The molecule has 2 fully saturated rings. The summed E-state index contributed by atoms with van der Waals surface area (Å²) in [5.74, 6) is 1.04. The summed E-state index contributed by atoms with van der Waals surface area (Å²) in [5, 5.41) is 0.739. The van der Waals surface area contributed by atoms with Crippen LogP contribution in [-0.2, 0) is 6.42 Å². The van der Waals surface area contributed by atoms with Crippen molar-refractivity contribution in [1.82, 2.24) is 15.0 Å². The van der Waals surface area contributed by atoms with E-state index < -0.39 is 0 Å². The van der Waals surface area contributed by atoms with Crippen LogP contribution in [0.3, 0.4) is 0 Å². The Bertz CT molecular complexity index is 836. The highest BCUT2D eigenvalue weighted by molar-refractivity contribution is 6.42. The zero-order chi connectivity index (χ0) is 19.0. The van der Waals surface area contributed by atoms with E-state index in [1.54, 1.807) is 6.20 Å². The first-order chi connectivity index (χ1) is 13.0. The van der Waals surface area contributed by atoms with Crippen LogP contribution in [0.25, 0.3) is 11.3 Å². The van der Waals surface area contributed by atoms with E-state index in [1.807, 2.05) is 13.0 Å². The molecule has 2 aromatic heterocycles. The van der Waals surface area contributed by atoms with E-state index in [2.05, 4.69) is 16.8 Å². The third kappa shape index (κ3) is 3.54. The minimum Gasteiger partial charge on any atom is -0.355 e. The fraction of sp³-hybridized carbons (Fsp3) is 0.571. The summed E-state index contributed by atoms with van der Waals surface area (Å²) in [6.45, 7) is 6.30. The monoisotopic (exact) mass is 404 g/mol. The van der Waals surface area contributed by atoms with Crippen LogP contribution in [0, 0.1) is 12.3 Å². The summed E-state index contributed by atoms with van der Waals surface area (Å²) in [5.41, 5.74) is 4.11. The Hall–Kier alpha value is -1.39. The van der Waals surface area contributed by atoms with Crippen LogP contribution in [-0.4, -0.2) is 28.0 Å². The summed E-state index contributed by atoms with van der Waals surface area (Å²) in [4.78, 5) is 16.4. The van der Waals surface area contributed by atoms with E-state index in [0.29, 0.717) is 15.6 Å². The van der Waals surface area contributed by atoms with Gasteiger partial charge in [-0.25, -0.2) is 15.0 Å². The van der Waals surface area contributed by atoms with E-state index in [1.165, 1.54) is 38.5 Å². The molecule has 0 amide bonds. The van der Waals surface area contributed by atoms with Gasteiger partial charge in [-0.3, -0.25) is 0 Å². The smallest absolute Gasteiger partial charge is 0.150 e. The molecule has 2 aliphatic rings. The maximum Gasteiger partial charge on any atom is 0.150 e. The largest absolute Gasteiger partial charge is 0.355 e. The number of piperidine rings is 1. The molecule has 4 rings (SSSR count). The molecule has 0 aromatic carbocycles. The standard InChI is InChI=1S/C21H26Cl2N4/c1-3-16-20(27-12-9-21(10-13-27)7-4-5-8-21)25-14(2)18(26-16)15-6-11-24-19(23)17(15)22/h6,11H,3-5,7-10,12-13H2,1-2H3. The van der Waals surface area contributed by atoms with Gasteiger partial charge in [0.25, 0.3) is 0 Å². The van der Waals surface area contributed by atoms with Crippen molar-refractivity contribution in [2.45, 2.75) is 58.8 Å². The van der Waals surface area contributed by atoms with Crippen molar-refractivity contribution in [3.05, 3.63) is 33.8 Å². The Balaban J connectivity index is 1.65. The molecule has 4 nitrogen and oxygen atoms in total. The number of hydrogen-bond donors (Lipinski definition) is 0. The first-order valence-corrected chi connectivity index (χ1v) is 10.7. The molecule has 1 aliphatic carbocycles. The van der Waals surface area contributed by atoms with Crippen molar-refractivity contribution in [1.29, 1.82) is 0 Å². The van der Waals surface area contributed by atoms with Gasteiger partial charge in [0.1, 0.15) is 5.15 Å². The highest BCUT2D eigenvalue weighted by Gasteiger charge is 2.37. The van der Waals surface area contributed by atoms with Gasteiger partial charge >= 0.3 is 0 Å². The lowest BCUT2D eigenvalue weighted by Gasteiger charge is -2.40. The van der Waals surface area contributed by atoms with Crippen molar-refractivity contribution in [3.63, 3.8) is 0 Å². The maximum atomic E-state index is 6.38. The lowest BCUT2D eigenvalue weighted by Crippen LogP contribution is -2.40. The quantitative estimate of drug-likeness (QED) is 0.599. The summed E-state index contributed by atoms with van der Waals surface area (Å²) in [7, 11) is 0. The van der Waals surface area contributed by atoms with Gasteiger partial charge in [0.15, 0.2) is 5.82 Å². The number of aryl methyl sites for hydroxylation is 2. The van der Waals surface area contributed by atoms with Gasteiger partial charge in [0.05, 0.1) is 22.1 Å². The second-order valence-corrected chi connectivity index (χ2v) is 8.67. The minimum absolute atomic E-state index is 0.301. The lowest BCUT2D eigenvalue weighted by molar-refractivity contribution is 0.226. The summed E-state index contributed by atoms with van der Waals surface area (Å²) in [6, 6.07) is 1.86. The Labute approximate surface area is 171 Å². The molecule has 0 atom stereocenters. The first kappa shape index (κ1) is 18.9. The van der Waals surface area contributed by atoms with E-state index in [-0.39, 0.29) is 0 Å². The lowest BCUT2D eigenvalue weighted by atomic mass is 9.77. The van der Waals surface area contributed by atoms with Gasteiger partial charge in [0.2, 0.25) is 0 Å². The minimum atomic E-state index is 0.301. The Kier molecular flexibility index (Phi) is 5.30. The number of pyridine rings is 1. The number of rotatable bonds is 3. The zero-order valence-corrected chi connectivity index (χ0v) is 17.6.